The summed E-state index contributed by atoms with van der Waals surface area (Å²) in [4.78, 5) is 26.0. The van der Waals surface area contributed by atoms with Gasteiger partial charge in [-0.15, -0.1) is 0 Å². The van der Waals surface area contributed by atoms with Crippen molar-refractivity contribution >= 4 is 17.7 Å². The summed E-state index contributed by atoms with van der Waals surface area (Å²) in [6, 6.07) is 8.53. The second-order valence-electron chi connectivity index (χ2n) is 4.87. The van der Waals surface area contributed by atoms with Crippen molar-refractivity contribution in [3.05, 3.63) is 30.3 Å². The summed E-state index contributed by atoms with van der Waals surface area (Å²) in [5, 5.41) is 8.95. The van der Waals surface area contributed by atoms with Gasteiger partial charge in [-0.2, -0.15) is 0 Å². The van der Waals surface area contributed by atoms with Crippen molar-refractivity contribution in [1.82, 2.24) is 4.90 Å². The van der Waals surface area contributed by atoms with Crippen LogP contribution in [0.15, 0.2) is 30.3 Å². The van der Waals surface area contributed by atoms with Gasteiger partial charge in [0.25, 0.3) is 0 Å². The minimum absolute atomic E-state index is 0.303. The van der Waals surface area contributed by atoms with Crippen LogP contribution in [-0.2, 0) is 4.79 Å². The third-order valence-corrected chi connectivity index (χ3v) is 2.56. The second-order valence-corrected chi connectivity index (χ2v) is 4.87. The monoisotopic (exact) mass is 264 g/mol. The summed E-state index contributed by atoms with van der Waals surface area (Å²) < 4.78 is 0. The summed E-state index contributed by atoms with van der Waals surface area (Å²) in [7, 11) is 1.68. The van der Waals surface area contributed by atoms with E-state index in [9.17, 15) is 9.59 Å². The van der Waals surface area contributed by atoms with Gasteiger partial charge < -0.3 is 10.0 Å². The fraction of sp³-hybridized carbons (Fsp3) is 0.429. The summed E-state index contributed by atoms with van der Waals surface area (Å²) in [6.07, 6.45) is 0. The van der Waals surface area contributed by atoms with E-state index in [-0.39, 0.29) is 12.6 Å². The van der Waals surface area contributed by atoms with Crippen LogP contribution in [0.3, 0.4) is 0 Å². The van der Waals surface area contributed by atoms with E-state index in [1.807, 2.05) is 19.9 Å². The van der Waals surface area contributed by atoms with Crippen molar-refractivity contribution in [2.24, 2.45) is 5.92 Å². The average Bonchev–Trinajstić information content (AvgIpc) is 2.35. The highest BCUT2D eigenvalue weighted by molar-refractivity contribution is 5.96. The van der Waals surface area contributed by atoms with E-state index in [0.717, 1.165) is 0 Å². The molecule has 0 saturated heterocycles. The maximum Gasteiger partial charge on any atom is 0.324 e. The van der Waals surface area contributed by atoms with Gasteiger partial charge in [0.15, 0.2) is 0 Å². The molecule has 0 aliphatic rings. The third kappa shape index (κ3) is 4.62. The summed E-state index contributed by atoms with van der Waals surface area (Å²) in [6.45, 7) is 4.26. The van der Waals surface area contributed by atoms with Crippen molar-refractivity contribution < 1.29 is 14.7 Å². The molecule has 1 aromatic rings. The van der Waals surface area contributed by atoms with Crippen molar-refractivity contribution in [2.45, 2.75) is 13.8 Å². The molecular weight excluding hydrogens is 244 g/mol. The van der Waals surface area contributed by atoms with E-state index in [4.69, 9.17) is 5.11 Å². The number of para-hydroxylation sites is 1. The molecule has 1 rings (SSSR count). The number of benzene rings is 1. The number of hydrogen-bond acceptors (Lipinski definition) is 2. The molecule has 0 bridgehead atoms. The molecule has 5 nitrogen and oxygen atoms in total. The predicted molar refractivity (Wildman–Crippen MR) is 74.3 cm³/mol. The predicted octanol–water partition coefficient (Wildman–Crippen LogP) is 2.29. The zero-order chi connectivity index (χ0) is 14.4. The lowest BCUT2D eigenvalue weighted by Crippen LogP contribution is -2.45. The fourth-order valence-corrected chi connectivity index (χ4v) is 1.84. The summed E-state index contributed by atoms with van der Waals surface area (Å²) in [5.74, 6) is -0.702. The van der Waals surface area contributed by atoms with E-state index in [2.05, 4.69) is 0 Å². The standard InChI is InChI=1S/C14H20N2O3/c1-11(2)9-15(3)14(19)16(10-13(17)18)12-7-5-4-6-8-12/h4-8,11H,9-10H2,1-3H3,(H,17,18). The molecule has 0 aliphatic heterocycles. The molecule has 0 radical (unpaired) electrons. The Hall–Kier alpha value is -2.04. The van der Waals surface area contributed by atoms with E-state index >= 15 is 0 Å². The Morgan fingerprint density at radius 1 is 1.21 bits per heavy atom. The number of carboxylic acid groups (broad SMARTS) is 1. The zero-order valence-electron chi connectivity index (χ0n) is 11.5. The van der Waals surface area contributed by atoms with Crippen LogP contribution in [0, 0.1) is 5.92 Å². The number of nitrogens with zero attached hydrogens (tertiary/aromatic N) is 2. The fourth-order valence-electron chi connectivity index (χ4n) is 1.84. The minimum atomic E-state index is -1.03. The number of amides is 2. The topological polar surface area (TPSA) is 60.9 Å². The van der Waals surface area contributed by atoms with Gasteiger partial charge in [0, 0.05) is 19.3 Å². The maximum absolute atomic E-state index is 12.3. The van der Waals surface area contributed by atoms with Crippen molar-refractivity contribution in [3.8, 4) is 0 Å². The Morgan fingerprint density at radius 3 is 2.26 bits per heavy atom. The molecule has 1 aromatic carbocycles. The van der Waals surface area contributed by atoms with Crippen LogP contribution in [0.2, 0.25) is 0 Å². The first-order chi connectivity index (χ1) is 8.91. The van der Waals surface area contributed by atoms with Crippen molar-refractivity contribution in [1.29, 1.82) is 0 Å². The molecule has 19 heavy (non-hydrogen) atoms. The van der Waals surface area contributed by atoms with Gasteiger partial charge in [0.1, 0.15) is 6.54 Å². The van der Waals surface area contributed by atoms with Crippen LogP contribution in [0.5, 0.6) is 0 Å². The Bertz CT molecular complexity index is 432. The number of hydrogen-bond donors (Lipinski definition) is 1. The van der Waals surface area contributed by atoms with E-state index in [1.54, 1.807) is 36.2 Å². The van der Waals surface area contributed by atoms with E-state index in [1.165, 1.54) is 4.90 Å². The largest absolute Gasteiger partial charge is 0.480 e. The highest BCUT2D eigenvalue weighted by Crippen LogP contribution is 2.15. The Balaban J connectivity index is 2.91. The number of carboxylic acids is 1. The average molecular weight is 264 g/mol. The molecule has 2 amide bonds. The van der Waals surface area contributed by atoms with Crippen LogP contribution < -0.4 is 4.90 Å². The van der Waals surface area contributed by atoms with Crippen LogP contribution in [-0.4, -0.2) is 42.1 Å². The van der Waals surface area contributed by atoms with Crippen LogP contribution in [0.25, 0.3) is 0 Å². The van der Waals surface area contributed by atoms with Crippen LogP contribution in [0.4, 0.5) is 10.5 Å². The molecule has 0 heterocycles. The molecule has 5 heteroatoms. The molecule has 0 spiro atoms. The maximum atomic E-state index is 12.3. The molecule has 0 unspecified atom stereocenters. The highest BCUT2D eigenvalue weighted by Gasteiger charge is 2.22. The minimum Gasteiger partial charge on any atom is -0.480 e. The Kier molecular flexibility index (Phi) is 5.36. The normalized spacial score (nSPS) is 10.3. The lowest BCUT2D eigenvalue weighted by molar-refractivity contribution is -0.135. The first-order valence-corrected chi connectivity index (χ1v) is 6.21. The number of anilines is 1. The molecule has 104 valence electrons. The van der Waals surface area contributed by atoms with Gasteiger partial charge in [0.05, 0.1) is 0 Å². The SMILES string of the molecule is CC(C)CN(C)C(=O)N(CC(=O)O)c1ccccc1. The van der Waals surface area contributed by atoms with Crippen LogP contribution >= 0.6 is 0 Å². The third-order valence-electron chi connectivity index (χ3n) is 2.56. The van der Waals surface area contributed by atoms with Gasteiger partial charge in [-0.3, -0.25) is 9.69 Å². The lowest BCUT2D eigenvalue weighted by atomic mass is 10.2. The summed E-state index contributed by atoms with van der Waals surface area (Å²) in [5.41, 5.74) is 0.588. The number of carbonyl (C=O) groups excluding carboxylic acids is 1. The Labute approximate surface area is 113 Å². The molecule has 0 fully saturated rings. The highest BCUT2D eigenvalue weighted by atomic mass is 16.4. The quantitative estimate of drug-likeness (QED) is 0.887. The van der Waals surface area contributed by atoms with Crippen LogP contribution in [0.1, 0.15) is 13.8 Å². The smallest absolute Gasteiger partial charge is 0.324 e. The van der Waals surface area contributed by atoms with Gasteiger partial charge in [-0.05, 0) is 18.1 Å². The first kappa shape index (κ1) is 15.0. The summed E-state index contributed by atoms with van der Waals surface area (Å²) >= 11 is 0. The number of rotatable bonds is 5. The van der Waals surface area contributed by atoms with Gasteiger partial charge >= 0.3 is 12.0 Å². The van der Waals surface area contributed by atoms with Crippen molar-refractivity contribution in [3.63, 3.8) is 0 Å². The molecular formula is C14H20N2O3. The molecule has 0 aromatic heterocycles. The second kappa shape index (κ2) is 6.78. The zero-order valence-corrected chi connectivity index (χ0v) is 11.5. The molecule has 0 saturated carbocycles. The first-order valence-electron chi connectivity index (χ1n) is 6.21. The van der Waals surface area contributed by atoms with E-state index in [0.29, 0.717) is 18.2 Å². The molecule has 0 aliphatic carbocycles. The number of aliphatic carboxylic acids is 1. The van der Waals surface area contributed by atoms with Gasteiger partial charge in [-0.25, -0.2) is 4.79 Å². The van der Waals surface area contributed by atoms with Gasteiger partial charge in [0.2, 0.25) is 0 Å². The lowest BCUT2D eigenvalue weighted by Gasteiger charge is -2.28. The Morgan fingerprint density at radius 2 is 1.79 bits per heavy atom. The van der Waals surface area contributed by atoms with Crippen molar-refractivity contribution in [2.75, 3.05) is 25.0 Å². The molecule has 0 atom stereocenters. The van der Waals surface area contributed by atoms with Gasteiger partial charge in [-0.1, -0.05) is 32.0 Å². The molecule has 1 N–H and O–H groups in total. The number of carbonyl (C=O) groups is 2. The van der Waals surface area contributed by atoms with E-state index < -0.39 is 5.97 Å². The number of urea groups is 1.